The predicted molar refractivity (Wildman–Crippen MR) is 130 cm³/mol. The van der Waals surface area contributed by atoms with E-state index in [-0.39, 0.29) is 36.9 Å². The molecule has 4 aromatic rings. The Morgan fingerprint density at radius 2 is 2.08 bits per heavy atom. The maximum atomic E-state index is 15.1. The molecule has 0 aliphatic carbocycles. The molecule has 0 amide bonds. The summed E-state index contributed by atoms with van der Waals surface area (Å²) < 4.78 is 57.1. The number of methoxy groups -OCH3 is 1. The van der Waals surface area contributed by atoms with Crippen LogP contribution < -0.4 is 10.1 Å². The summed E-state index contributed by atoms with van der Waals surface area (Å²) in [5, 5.41) is 15.4. The van der Waals surface area contributed by atoms with E-state index in [0.29, 0.717) is 36.3 Å². The minimum Gasteiger partial charge on any atom is -0.479 e. The lowest BCUT2D eigenvalue weighted by Gasteiger charge is -2.51. The van der Waals surface area contributed by atoms with Crippen molar-refractivity contribution in [3.63, 3.8) is 0 Å². The zero-order valence-corrected chi connectivity index (χ0v) is 20.5. The van der Waals surface area contributed by atoms with E-state index in [0.717, 1.165) is 11.1 Å². The standard InChI is InChI=1S/C24H27F3N8O2/c1-23(13-37-14-23)33-8-6-19(24(26,27)12-33)28-22-29-21(36-2)20-16(5-9-35(20)31-22)15-3-4-17-18(11-15)34(10-7-25)32-30-17/h3-5,9,11,19H,6-8,10,12-14H2,1-2H3,(H,28,31). The summed E-state index contributed by atoms with van der Waals surface area (Å²) in [6.07, 6.45) is 1.96. The number of ether oxygens (including phenoxy) is 2. The second-order valence-electron chi connectivity index (χ2n) is 9.83. The van der Waals surface area contributed by atoms with Crippen LogP contribution in [0.5, 0.6) is 5.88 Å². The van der Waals surface area contributed by atoms with Gasteiger partial charge in [-0.1, -0.05) is 11.3 Å². The molecule has 1 aromatic carbocycles. The van der Waals surface area contributed by atoms with Gasteiger partial charge >= 0.3 is 0 Å². The molecule has 13 heteroatoms. The van der Waals surface area contributed by atoms with E-state index in [1.807, 2.05) is 36.1 Å². The maximum Gasteiger partial charge on any atom is 0.280 e. The number of benzene rings is 1. The van der Waals surface area contributed by atoms with Gasteiger partial charge in [0, 0.05) is 18.3 Å². The molecule has 37 heavy (non-hydrogen) atoms. The number of nitrogens with zero attached hydrogens (tertiary/aromatic N) is 7. The van der Waals surface area contributed by atoms with Gasteiger partial charge in [-0.25, -0.2) is 22.4 Å². The van der Waals surface area contributed by atoms with E-state index < -0.39 is 18.6 Å². The first kappa shape index (κ1) is 23.9. The fourth-order valence-electron chi connectivity index (χ4n) is 5.12. The quantitative estimate of drug-likeness (QED) is 0.401. The van der Waals surface area contributed by atoms with Gasteiger partial charge in [-0.2, -0.15) is 4.98 Å². The molecule has 1 unspecified atom stereocenters. The van der Waals surface area contributed by atoms with E-state index in [4.69, 9.17) is 9.47 Å². The smallest absolute Gasteiger partial charge is 0.280 e. The van der Waals surface area contributed by atoms with E-state index in [9.17, 15) is 4.39 Å². The molecule has 0 saturated carbocycles. The fraction of sp³-hybridized carbons (Fsp3) is 0.500. The van der Waals surface area contributed by atoms with Crippen LogP contribution in [0, 0.1) is 0 Å². The third kappa shape index (κ3) is 4.06. The van der Waals surface area contributed by atoms with Gasteiger partial charge in [0.25, 0.3) is 5.92 Å². The highest BCUT2D eigenvalue weighted by molar-refractivity contribution is 5.89. The fourth-order valence-corrected chi connectivity index (χ4v) is 5.12. The molecular formula is C24H27F3N8O2. The van der Waals surface area contributed by atoms with Crippen molar-refractivity contribution in [3.8, 4) is 17.0 Å². The summed E-state index contributed by atoms with van der Waals surface area (Å²) in [6, 6.07) is 6.28. The van der Waals surface area contributed by atoms with Crippen LogP contribution in [-0.4, -0.2) is 92.1 Å². The number of aryl methyl sites for hydroxylation is 1. The summed E-state index contributed by atoms with van der Waals surface area (Å²) in [5.41, 5.74) is 3.18. The lowest BCUT2D eigenvalue weighted by atomic mass is 9.91. The maximum absolute atomic E-state index is 15.1. The van der Waals surface area contributed by atoms with Crippen LogP contribution in [-0.2, 0) is 11.3 Å². The summed E-state index contributed by atoms with van der Waals surface area (Å²) in [5.74, 6) is -2.67. The van der Waals surface area contributed by atoms with Crippen molar-refractivity contribution in [2.75, 3.05) is 45.4 Å². The second kappa shape index (κ2) is 8.84. The van der Waals surface area contributed by atoms with Crippen molar-refractivity contribution < 1.29 is 22.6 Å². The SMILES string of the molecule is COc1nc(NC2CCN(C3(C)COC3)CC2(F)F)nn2ccc(-c3ccc4nnn(CCF)c4c3)c12. The number of halogens is 3. The highest BCUT2D eigenvalue weighted by Gasteiger charge is 2.51. The van der Waals surface area contributed by atoms with E-state index in [1.54, 1.807) is 10.7 Å². The number of hydrogen-bond acceptors (Lipinski definition) is 8. The van der Waals surface area contributed by atoms with Gasteiger partial charge in [0.15, 0.2) is 0 Å². The molecular weight excluding hydrogens is 489 g/mol. The number of alkyl halides is 3. The monoisotopic (exact) mass is 516 g/mol. The van der Waals surface area contributed by atoms with Gasteiger partial charge in [0.2, 0.25) is 11.8 Å². The first-order chi connectivity index (χ1) is 17.8. The summed E-state index contributed by atoms with van der Waals surface area (Å²) in [4.78, 5) is 6.23. The Morgan fingerprint density at radius 1 is 1.24 bits per heavy atom. The van der Waals surface area contributed by atoms with E-state index >= 15 is 8.78 Å². The average molecular weight is 517 g/mol. The number of piperidine rings is 1. The third-order valence-electron chi connectivity index (χ3n) is 7.29. The van der Waals surface area contributed by atoms with Crippen LogP contribution in [0.4, 0.5) is 19.1 Å². The number of rotatable bonds is 7. The van der Waals surface area contributed by atoms with Crippen LogP contribution >= 0.6 is 0 Å². The van der Waals surface area contributed by atoms with Gasteiger partial charge in [-0.05, 0) is 37.1 Å². The summed E-state index contributed by atoms with van der Waals surface area (Å²) in [6.45, 7) is 2.61. The minimum atomic E-state index is -2.98. The molecule has 2 aliphatic rings. The summed E-state index contributed by atoms with van der Waals surface area (Å²) in [7, 11) is 1.47. The molecule has 10 nitrogen and oxygen atoms in total. The van der Waals surface area contributed by atoms with Crippen molar-refractivity contribution in [3.05, 3.63) is 30.5 Å². The largest absolute Gasteiger partial charge is 0.479 e. The van der Waals surface area contributed by atoms with Gasteiger partial charge < -0.3 is 14.8 Å². The number of aromatic nitrogens is 6. The molecule has 3 aromatic heterocycles. The average Bonchev–Trinajstić information content (AvgIpc) is 3.47. The zero-order valence-electron chi connectivity index (χ0n) is 20.5. The first-order valence-corrected chi connectivity index (χ1v) is 12.1. The van der Waals surface area contributed by atoms with Crippen LogP contribution in [0.1, 0.15) is 13.3 Å². The van der Waals surface area contributed by atoms with E-state index in [1.165, 1.54) is 11.8 Å². The van der Waals surface area contributed by atoms with Crippen molar-refractivity contribution in [1.29, 1.82) is 0 Å². The Kier molecular flexibility index (Phi) is 5.71. The molecule has 1 atom stereocenters. The minimum absolute atomic E-state index is 0.0588. The van der Waals surface area contributed by atoms with E-state index in [2.05, 4.69) is 25.7 Å². The number of likely N-dealkylation sites (tertiary alicyclic amines) is 1. The molecule has 6 rings (SSSR count). The van der Waals surface area contributed by atoms with Crippen LogP contribution in [0.3, 0.4) is 0 Å². The van der Waals surface area contributed by atoms with Gasteiger partial charge in [-0.3, -0.25) is 4.90 Å². The van der Waals surface area contributed by atoms with Crippen molar-refractivity contribution in [2.45, 2.75) is 37.4 Å². The molecule has 196 valence electrons. The second-order valence-corrected chi connectivity index (χ2v) is 9.83. The number of anilines is 1. The summed E-state index contributed by atoms with van der Waals surface area (Å²) >= 11 is 0. The zero-order chi connectivity index (χ0) is 25.8. The molecule has 2 fully saturated rings. The molecule has 2 aliphatic heterocycles. The van der Waals surface area contributed by atoms with Crippen LogP contribution in [0.2, 0.25) is 0 Å². The number of nitrogens with one attached hydrogen (secondary N) is 1. The number of fused-ring (bicyclic) bond motifs is 2. The predicted octanol–water partition coefficient (Wildman–Crippen LogP) is 3.03. The normalized spacial score (nSPS) is 21.3. The molecule has 0 spiro atoms. The first-order valence-electron chi connectivity index (χ1n) is 12.1. The van der Waals surface area contributed by atoms with Gasteiger partial charge in [0.05, 0.1) is 50.5 Å². The Labute approximate surface area is 210 Å². The van der Waals surface area contributed by atoms with Gasteiger partial charge in [-0.15, -0.1) is 10.2 Å². The van der Waals surface area contributed by atoms with Crippen molar-refractivity contribution in [1.82, 2.24) is 34.5 Å². The van der Waals surface area contributed by atoms with Crippen LogP contribution in [0.15, 0.2) is 30.5 Å². The third-order valence-corrected chi connectivity index (χ3v) is 7.29. The lowest BCUT2D eigenvalue weighted by molar-refractivity contribution is -0.174. The topological polar surface area (TPSA) is 94.6 Å². The molecule has 5 heterocycles. The van der Waals surface area contributed by atoms with Gasteiger partial charge in [0.1, 0.15) is 17.7 Å². The van der Waals surface area contributed by atoms with Crippen molar-refractivity contribution >= 4 is 22.5 Å². The molecule has 0 bridgehead atoms. The Morgan fingerprint density at radius 3 is 2.78 bits per heavy atom. The molecule has 2 saturated heterocycles. The highest BCUT2D eigenvalue weighted by atomic mass is 19.3. The molecule has 0 radical (unpaired) electrons. The molecule has 1 N–H and O–H groups in total. The van der Waals surface area contributed by atoms with Crippen molar-refractivity contribution in [2.24, 2.45) is 0 Å². The Bertz CT molecular complexity index is 1450. The lowest BCUT2D eigenvalue weighted by Crippen LogP contribution is -2.67. The highest BCUT2D eigenvalue weighted by Crippen LogP contribution is 2.37. The Hall–Kier alpha value is -3.45. The van der Waals surface area contributed by atoms with Crippen LogP contribution in [0.25, 0.3) is 27.7 Å². The Balaban J connectivity index is 1.29. The number of hydrogen-bond donors (Lipinski definition) is 1.